The van der Waals surface area contributed by atoms with Gasteiger partial charge in [0.15, 0.2) is 5.65 Å². The Morgan fingerprint density at radius 3 is 2.55 bits per heavy atom. The lowest BCUT2D eigenvalue weighted by Crippen LogP contribution is -2.46. The van der Waals surface area contributed by atoms with E-state index >= 15 is 0 Å². The van der Waals surface area contributed by atoms with E-state index in [0.29, 0.717) is 31.7 Å². The molecule has 31 heavy (non-hydrogen) atoms. The number of carbonyl (C=O) groups excluding carboxylic acids is 2. The number of nitrogens with zero attached hydrogens (tertiary/aromatic N) is 3. The minimum atomic E-state index is -5.77. The van der Waals surface area contributed by atoms with Crippen LogP contribution in [-0.4, -0.2) is 69.4 Å². The number of likely N-dealkylation sites (tertiary alicyclic amines) is 1. The van der Waals surface area contributed by atoms with Gasteiger partial charge >= 0.3 is 12.1 Å². The van der Waals surface area contributed by atoms with Crippen LogP contribution in [0.1, 0.15) is 23.2 Å². The van der Waals surface area contributed by atoms with Crippen LogP contribution >= 0.6 is 0 Å². The van der Waals surface area contributed by atoms with Crippen LogP contribution in [0.4, 0.5) is 27.8 Å². The molecule has 2 amide bonds. The quantitative estimate of drug-likeness (QED) is 0.467. The third kappa shape index (κ3) is 4.91. The van der Waals surface area contributed by atoms with Crippen LogP contribution < -0.4 is 10.6 Å². The summed E-state index contributed by atoms with van der Waals surface area (Å²) in [5.74, 6) is -6.05. The zero-order valence-electron chi connectivity index (χ0n) is 16.1. The third-order valence-electron chi connectivity index (χ3n) is 4.84. The molecule has 0 bridgehead atoms. The highest BCUT2D eigenvalue weighted by Crippen LogP contribution is 2.34. The molecule has 2 aromatic heterocycles. The Morgan fingerprint density at radius 2 is 1.94 bits per heavy atom. The fraction of sp³-hybridized carbons (Fsp3) is 0.444. The maximum Gasteiger partial charge on any atom is 0.455 e. The van der Waals surface area contributed by atoms with E-state index in [2.05, 4.69) is 26.8 Å². The van der Waals surface area contributed by atoms with Crippen LogP contribution in [0.5, 0.6) is 0 Å². The second-order valence-corrected chi connectivity index (χ2v) is 6.99. The number of carbonyl (C=O) groups is 2. The smallest absolute Gasteiger partial charge is 0.366 e. The van der Waals surface area contributed by atoms with Crippen LogP contribution in [0.3, 0.4) is 0 Å². The van der Waals surface area contributed by atoms with E-state index in [1.165, 1.54) is 12.3 Å². The number of H-pyrrole nitrogens is 1. The van der Waals surface area contributed by atoms with Gasteiger partial charge in [-0.15, -0.1) is 0 Å². The third-order valence-corrected chi connectivity index (χ3v) is 4.84. The summed E-state index contributed by atoms with van der Waals surface area (Å²) in [5.41, 5.74) is -0.0164. The van der Waals surface area contributed by atoms with Crippen LogP contribution in [0.25, 0.3) is 11.2 Å². The Kier molecular flexibility index (Phi) is 6.13. The lowest BCUT2D eigenvalue weighted by Gasteiger charge is -2.31. The molecule has 8 nitrogen and oxygen atoms in total. The van der Waals surface area contributed by atoms with E-state index in [0.717, 1.165) is 6.20 Å². The van der Waals surface area contributed by atoms with E-state index in [1.807, 2.05) is 0 Å². The van der Waals surface area contributed by atoms with E-state index in [1.54, 1.807) is 10.2 Å². The number of amides is 2. The molecule has 1 fully saturated rings. The predicted molar refractivity (Wildman–Crippen MR) is 101 cm³/mol. The first kappa shape index (κ1) is 22.4. The highest BCUT2D eigenvalue weighted by molar-refractivity contribution is 6.04. The summed E-state index contributed by atoms with van der Waals surface area (Å²) in [5, 5.41) is 4.71. The number of halogens is 5. The molecule has 0 unspecified atom stereocenters. The largest absolute Gasteiger partial charge is 0.455 e. The predicted octanol–water partition coefficient (Wildman–Crippen LogP) is 2.47. The van der Waals surface area contributed by atoms with Crippen molar-refractivity contribution in [1.82, 2.24) is 25.2 Å². The fourth-order valence-corrected chi connectivity index (χ4v) is 3.10. The summed E-state index contributed by atoms with van der Waals surface area (Å²) in [6.07, 6.45) is -0.730. The number of anilines is 1. The van der Waals surface area contributed by atoms with E-state index in [-0.39, 0.29) is 28.7 Å². The van der Waals surface area contributed by atoms with Crippen molar-refractivity contribution in [2.75, 3.05) is 25.0 Å². The maximum absolute atomic E-state index is 13.1. The number of hydrogen-bond acceptors (Lipinski definition) is 5. The summed E-state index contributed by atoms with van der Waals surface area (Å²) in [7, 11) is 0. The molecule has 3 rings (SSSR count). The molecule has 13 heteroatoms. The number of nitrogens with one attached hydrogen (secondary N) is 3. The highest BCUT2D eigenvalue weighted by Gasteiger charge is 2.57. The van der Waals surface area contributed by atoms with Crippen molar-refractivity contribution in [2.45, 2.75) is 31.0 Å². The SMILES string of the molecule is C=CC(=O)N1CCC(Nc2cnc3[nH]cc(C(=O)NCC(F)(F)C(F)(F)F)c3n2)CC1. The monoisotopic (exact) mass is 446 g/mol. The standard InChI is InChI=1S/C18H19F5N6O2/c1-2-13(30)29-5-3-10(4-6-29)27-12-8-25-15-14(28-12)11(7-24-15)16(31)26-9-17(19,20)18(21,22)23/h2,7-8,10H,1,3-6,9H2,(H,24,25)(H,26,31)(H,27,28). The number of piperidine rings is 1. The van der Waals surface area contributed by atoms with Gasteiger partial charge in [-0.05, 0) is 18.9 Å². The fourth-order valence-electron chi connectivity index (χ4n) is 3.10. The van der Waals surface area contributed by atoms with E-state index in [9.17, 15) is 31.5 Å². The Hall–Kier alpha value is -3.25. The van der Waals surface area contributed by atoms with Gasteiger partial charge in [-0.25, -0.2) is 9.97 Å². The Bertz CT molecular complexity index is 981. The number of rotatable bonds is 6. The molecular formula is C18H19F5N6O2. The van der Waals surface area contributed by atoms with Gasteiger partial charge in [0.1, 0.15) is 11.3 Å². The Labute approximate surface area is 172 Å². The molecule has 0 atom stereocenters. The summed E-state index contributed by atoms with van der Waals surface area (Å²) >= 11 is 0. The molecule has 1 aliphatic rings. The van der Waals surface area contributed by atoms with Gasteiger partial charge in [-0.1, -0.05) is 6.58 Å². The van der Waals surface area contributed by atoms with Gasteiger partial charge in [0.25, 0.3) is 5.91 Å². The molecule has 0 spiro atoms. The van der Waals surface area contributed by atoms with Crippen LogP contribution in [-0.2, 0) is 4.79 Å². The normalized spacial score (nSPS) is 15.7. The Balaban J connectivity index is 1.68. The molecule has 0 saturated carbocycles. The van der Waals surface area contributed by atoms with Crippen molar-refractivity contribution in [1.29, 1.82) is 0 Å². The number of hydrogen-bond donors (Lipinski definition) is 3. The molecule has 2 aromatic rings. The van der Waals surface area contributed by atoms with Crippen molar-refractivity contribution in [3.8, 4) is 0 Å². The first-order chi connectivity index (χ1) is 14.5. The molecule has 0 aliphatic carbocycles. The van der Waals surface area contributed by atoms with Crippen molar-refractivity contribution < 1.29 is 31.5 Å². The summed E-state index contributed by atoms with van der Waals surface area (Å²) in [4.78, 5) is 36.4. The highest BCUT2D eigenvalue weighted by atomic mass is 19.4. The second kappa shape index (κ2) is 8.47. The van der Waals surface area contributed by atoms with Gasteiger partial charge in [0.05, 0.1) is 18.3 Å². The first-order valence-electron chi connectivity index (χ1n) is 9.26. The topological polar surface area (TPSA) is 103 Å². The maximum atomic E-state index is 13.1. The Morgan fingerprint density at radius 1 is 1.26 bits per heavy atom. The van der Waals surface area contributed by atoms with Crippen LogP contribution in [0.15, 0.2) is 25.0 Å². The second-order valence-electron chi connectivity index (χ2n) is 6.99. The number of aromatic nitrogens is 3. The number of aromatic amines is 1. The van der Waals surface area contributed by atoms with Crippen molar-refractivity contribution in [2.24, 2.45) is 0 Å². The molecule has 0 aromatic carbocycles. The number of fused-ring (bicyclic) bond motifs is 1. The zero-order chi connectivity index (χ0) is 22.8. The van der Waals surface area contributed by atoms with Gasteiger partial charge in [-0.3, -0.25) is 9.59 Å². The zero-order valence-corrected chi connectivity index (χ0v) is 16.1. The molecule has 1 saturated heterocycles. The summed E-state index contributed by atoms with van der Waals surface area (Å²) < 4.78 is 62.9. The molecular weight excluding hydrogens is 427 g/mol. The summed E-state index contributed by atoms with van der Waals surface area (Å²) in [6.45, 7) is 2.59. The minimum Gasteiger partial charge on any atom is -0.366 e. The first-order valence-corrected chi connectivity index (χ1v) is 9.26. The number of alkyl halides is 5. The molecule has 3 heterocycles. The van der Waals surface area contributed by atoms with Gasteiger partial charge in [0.2, 0.25) is 5.91 Å². The molecule has 0 radical (unpaired) electrons. The summed E-state index contributed by atoms with van der Waals surface area (Å²) in [6, 6.07) is -0.0256. The van der Waals surface area contributed by atoms with Crippen molar-refractivity contribution in [3.63, 3.8) is 0 Å². The van der Waals surface area contributed by atoms with E-state index in [4.69, 9.17) is 0 Å². The molecule has 1 aliphatic heterocycles. The van der Waals surface area contributed by atoms with Gasteiger partial charge in [0, 0.05) is 25.3 Å². The van der Waals surface area contributed by atoms with E-state index < -0.39 is 24.6 Å². The van der Waals surface area contributed by atoms with Gasteiger partial charge in [-0.2, -0.15) is 22.0 Å². The lowest BCUT2D eigenvalue weighted by molar-refractivity contribution is -0.278. The van der Waals surface area contributed by atoms with Crippen molar-refractivity contribution in [3.05, 3.63) is 30.6 Å². The van der Waals surface area contributed by atoms with Crippen LogP contribution in [0, 0.1) is 0 Å². The van der Waals surface area contributed by atoms with Crippen LogP contribution in [0.2, 0.25) is 0 Å². The molecule has 3 N–H and O–H groups in total. The van der Waals surface area contributed by atoms with Crippen molar-refractivity contribution >= 4 is 28.8 Å². The minimum absolute atomic E-state index is 0.0251. The average Bonchev–Trinajstić information content (AvgIpc) is 3.14. The average molecular weight is 446 g/mol. The van der Waals surface area contributed by atoms with Gasteiger partial charge < -0.3 is 20.5 Å². The lowest BCUT2D eigenvalue weighted by atomic mass is 10.1. The molecule has 168 valence electrons.